The Morgan fingerprint density at radius 1 is 1.00 bits per heavy atom. The van der Waals surface area contributed by atoms with Crippen molar-refractivity contribution in [1.82, 2.24) is 4.90 Å². The fraction of sp³-hybridized carbons (Fsp3) is 0.731. The molecule has 0 N–H and O–H groups in total. The molecule has 1 aromatic rings. The van der Waals surface area contributed by atoms with Crippen molar-refractivity contribution in [3.63, 3.8) is 0 Å². The van der Waals surface area contributed by atoms with Gasteiger partial charge in [-0.05, 0) is 84.5 Å². The Labute approximate surface area is 171 Å². The first-order chi connectivity index (χ1) is 13.4. The number of amides is 1. The van der Waals surface area contributed by atoms with Gasteiger partial charge in [0.1, 0.15) is 0 Å². The van der Waals surface area contributed by atoms with E-state index in [1.165, 1.54) is 32.1 Å². The van der Waals surface area contributed by atoms with E-state index in [0.717, 1.165) is 42.4 Å². The summed E-state index contributed by atoms with van der Waals surface area (Å²) in [4.78, 5) is 14.5. The molecule has 3 saturated carbocycles. The maximum atomic E-state index is 12.4. The van der Waals surface area contributed by atoms with Gasteiger partial charge >= 0.3 is 0 Å². The van der Waals surface area contributed by atoms with Crippen LogP contribution in [0.15, 0.2) is 30.3 Å². The third kappa shape index (κ3) is 2.42. The Balaban J connectivity index is 1.48. The summed E-state index contributed by atoms with van der Waals surface area (Å²) in [5, 5.41) is 0. The van der Waals surface area contributed by atoms with Crippen molar-refractivity contribution in [1.29, 1.82) is 0 Å². The lowest BCUT2D eigenvalue weighted by molar-refractivity contribution is -0.158. The van der Waals surface area contributed by atoms with Gasteiger partial charge in [-0.25, -0.2) is 0 Å². The van der Waals surface area contributed by atoms with Gasteiger partial charge in [0.25, 0.3) is 0 Å². The lowest BCUT2D eigenvalue weighted by atomic mass is 9.46. The minimum absolute atomic E-state index is 0.331. The van der Waals surface area contributed by atoms with E-state index in [9.17, 15) is 4.79 Å². The molecule has 4 fully saturated rings. The SMILES string of the molecule is C[C@@H]1C[C@H](c2ccccc2)[C@@]2(C)CCC3C(CCC4N(C)C(=O)CC[C@]34C)C12. The van der Waals surface area contributed by atoms with Gasteiger partial charge in [0.2, 0.25) is 5.91 Å². The predicted octanol–water partition coefficient (Wildman–Crippen LogP) is 5.88. The quantitative estimate of drug-likeness (QED) is 0.597. The molecular formula is C26H37NO. The molecular weight excluding hydrogens is 342 g/mol. The van der Waals surface area contributed by atoms with Crippen molar-refractivity contribution in [2.75, 3.05) is 7.05 Å². The van der Waals surface area contributed by atoms with Crippen molar-refractivity contribution >= 4 is 5.91 Å². The van der Waals surface area contributed by atoms with Gasteiger partial charge in [-0.15, -0.1) is 0 Å². The van der Waals surface area contributed by atoms with Crippen LogP contribution in [-0.4, -0.2) is 23.9 Å². The number of rotatable bonds is 1. The van der Waals surface area contributed by atoms with Gasteiger partial charge < -0.3 is 4.90 Å². The van der Waals surface area contributed by atoms with Crippen molar-refractivity contribution in [3.05, 3.63) is 35.9 Å². The summed E-state index contributed by atoms with van der Waals surface area (Å²) < 4.78 is 0. The molecule has 1 amide bonds. The smallest absolute Gasteiger partial charge is 0.222 e. The minimum atomic E-state index is 0.331. The Hall–Kier alpha value is -1.31. The Morgan fingerprint density at radius 2 is 1.75 bits per heavy atom. The van der Waals surface area contributed by atoms with Gasteiger partial charge in [-0.3, -0.25) is 4.79 Å². The average Bonchev–Trinajstić information content (AvgIpc) is 2.97. The van der Waals surface area contributed by atoms with Crippen LogP contribution < -0.4 is 0 Å². The molecule has 152 valence electrons. The zero-order chi connectivity index (χ0) is 19.7. The molecule has 0 spiro atoms. The number of carbonyl (C=O) groups is 1. The van der Waals surface area contributed by atoms with E-state index in [0.29, 0.717) is 22.8 Å². The molecule has 28 heavy (non-hydrogen) atoms. The summed E-state index contributed by atoms with van der Waals surface area (Å²) in [5.41, 5.74) is 2.35. The number of carbonyl (C=O) groups excluding carboxylic acids is 1. The lowest BCUT2D eigenvalue weighted by Crippen LogP contribution is -2.61. The average molecular weight is 380 g/mol. The van der Waals surface area contributed by atoms with Crippen LogP contribution in [0.2, 0.25) is 0 Å². The van der Waals surface area contributed by atoms with Crippen LogP contribution in [0.25, 0.3) is 0 Å². The molecule has 1 aromatic carbocycles. The third-order valence-electron chi connectivity index (χ3n) is 10.1. The second kappa shape index (κ2) is 6.34. The summed E-state index contributed by atoms with van der Waals surface area (Å²) >= 11 is 0. The maximum Gasteiger partial charge on any atom is 0.222 e. The van der Waals surface area contributed by atoms with E-state index in [2.05, 4.69) is 63.1 Å². The fourth-order valence-corrected chi connectivity index (χ4v) is 8.90. The van der Waals surface area contributed by atoms with Crippen molar-refractivity contribution in [3.8, 4) is 0 Å². The van der Waals surface area contributed by atoms with Gasteiger partial charge in [0, 0.05) is 19.5 Å². The maximum absolute atomic E-state index is 12.4. The molecule has 2 nitrogen and oxygen atoms in total. The molecule has 1 aliphatic heterocycles. The number of likely N-dealkylation sites (tertiary alicyclic amines) is 1. The molecule has 0 radical (unpaired) electrons. The zero-order valence-corrected chi connectivity index (χ0v) is 18.2. The summed E-state index contributed by atoms with van der Waals surface area (Å²) in [7, 11) is 2.07. The molecule has 0 bridgehead atoms. The second-order valence-electron chi connectivity index (χ2n) is 11.1. The highest BCUT2D eigenvalue weighted by atomic mass is 16.2. The molecule has 1 saturated heterocycles. The monoisotopic (exact) mass is 379 g/mol. The molecule has 0 aromatic heterocycles. The van der Waals surface area contributed by atoms with E-state index in [1.807, 2.05) is 0 Å². The van der Waals surface area contributed by atoms with Gasteiger partial charge in [0.15, 0.2) is 0 Å². The number of hydrogen-bond acceptors (Lipinski definition) is 1. The topological polar surface area (TPSA) is 20.3 Å². The van der Waals surface area contributed by atoms with Gasteiger partial charge in [-0.1, -0.05) is 51.1 Å². The third-order valence-corrected chi connectivity index (χ3v) is 10.1. The normalized spacial score (nSPS) is 48.0. The molecule has 3 aliphatic carbocycles. The van der Waals surface area contributed by atoms with Crippen LogP contribution in [0.1, 0.15) is 77.2 Å². The van der Waals surface area contributed by atoms with Crippen LogP contribution >= 0.6 is 0 Å². The first-order valence-corrected chi connectivity index (χ1v) is 11.7. The Bertz CT molecular complexity index is 759. The van der Waals surface area contributed by atoms with Crippen LogP contribution in [0, 0.1) is 34.5 Å². The fourth-order valence-electron chi connectivity index (χ4n) is 8.90. The minimum Gasteiger partial charge on any atom is -0.342 e. The Morgan fingerprint density at radius 3 is 2.50 bits per heavy atom. The van der Waals surface area contributed by atoms with E-state index in [4.69, 9.17) is 0 Å². The standard InChI is InChI=1S/C26H37NO/c1-17-16-21(18-8-6-5-7-9-18)26(3)14-12-20-19(24(17)26)10-11-22-25(20,2)15-13-23(28)27(22)4/h5-9,17,19-22,24H,10-16H2,1-4H3/t17-,19?,20?,21-,22?,24?,25-,26-/m1/s1. The number of piperidine rings is 1. The lowest BCUT2D eigenvalue weighted by Gasteiger charge is -2.62. The second-order valence-corrected chi connectivity index (χ2v) is 11.1. The molecule has 8 atom stereocenters. The van der Waals surface area contributed by atoms with Gasteiger partial charge in [0.05, 0.1) is 0 Å². The van der Waals surface area contributed by atoms with E-state index < -0.39 is 0 Å². The van der Waals surface area contributed by atoms with Crippen LogP contribution in [0.4, 0.5) is 0 Å². The van der Waals surface area contributed by atoms with Crippen molar-refractivity contribution in [2.45, 2.75) is 77.7 Å². The molecule has 5 rings (SSSR count). The first-order valence-electron chi connectivity index (χ1n) is 11.7. The number of benzene rings is 1. The summed E-state index contributed by atoms with van der Waals surface area (Å²) in [6.07, 6.45) is 8.50. The number of hydrogen-bond donors (Lipinski definition) is 0. The summed E-state index contributed by atoms with van der Waals surface area (Å²) in [6.45, 7) is 7.70. The zero-order valence-electron chi connectivity index (χ0n) is 18.2. The molecule has 1 heterocycles. The van der Waals surface area contributed by atoms with E-state index in [1.54, 1.807) is 5.56 Å². The van der Waals surface area contributed by atoms with Crippen LogP contribution in [0.3, 0.4) is 0 Å². The summed E-state index contributed by atoms with van der Waals surface area (Å²) in [5.74, 6) is 4.40. The Kier molecular flexibility index (Phi) is 4.24. The van der Waals surface area contributed by atoms with Crippen LogP contribution in [0.5, 0.6) is 0 Å². The molecule has 4 aliphatic rings. The van der Waals surface area contributed by atoms with E-state index >= 15 is 0 Å². The number of nitrogens with zero attached hydrogens (tertiary/aromatic N) is 1. The van der Waals surface area contributed by atoms with Crippen LogP contribution in [-0.2, 0) is 4.79 Å². The van der Waals surface area contributed by atoms with E-state index in [-0.39, 0.29) is 0 Å². The highest BCUT2D eigenvalue weighted by molar-refractivity contribution is 5.77. The molecule has 4 unspecified atom stereocenters. The highest BCUT2D eigenvalue weighted by Gasteiger charge is 2.62. The van der Waals surface area contributed by atoms with Crippen molar-refractivity contribution < 1.29 is 4.79 Å². The number of fused-ring (bicyclic) bond motifs is 5. The first kappa shape index (κ1) is 18.7. The largest absolute Gasteiger partial charge is 0.342 e. The molecule has 2 heteroatoms. The summed E-state index contributed by atoms with van der Waals surface area (Å²) in [6, 6.07) is 11.8. The van der Waals surface area contributed by atoms with Gasteiger partial charge in [-0.2, -0.15) is 0 Å². The van der Waals surface area contributed by atoms with Crippen molar-refractivity contribution in [2.24, 2.45) is 34.5 Å². The highest BCUT2D eigenvalue weighted by Crippen LogP contribution is 2.69. The predicted molar refractivity (Wildman–Crippen MR) is 114 cm³/mol.